The van der Waals surface area contributed by atoms with Crippen molar-refractivity contribution in [3.63, 3.8) is 0 Å². The summed E-state index contributed by atoms with van der Waals surface area (Å²) in [6.45, 7) is 4.04. The number of hydrogen-bond donors (Lipinski definition) is 0. The molecule has 2 unspecified atom stereocenters. The maximum absolute atomic E-state index is 5.80. The lowest BCUT2D eigenvalue weighted by Crippen LogP contribution is -2.47. The van der Waals surface area contributed by atoms with Crippen LogP contribution in [0.15, 0.2) is 0 Å². The van der Waals surface area contributed by atoms with Crippen LogP contribution >= 0.6 is 0 Å². The maximum atomic E-state index is 5.80. The first-order valence-corrected chi connectivity index (χ1v) is 5.11. The molecule has 2 atom stereocenters. The van der Waals surface area contributed by atoms with Crippen molar-refractivity contribution in [3.8, 4) is 0 Å². The van der Waals surface area contributed by atoms with Crippen LogP contribution in [0.1, 0.15) is 39.0 Å². The van der Waals surface area contributed by atoms with E-state index in [4.69, 9.17) is 9.47 Å². The minimum absolute atomic E-state index is 0.184. The van der Waals surface area contributed by atoms with Gasteiger partial charge in [-0.25, -0.2) is 0 Å². The molecule has 0 N–H and O–H groups in total. The maximum Gasteiger partial charge on any atom is 0.170 e. The summed E-state index contributed by atoms with van der Waals surface area (Å²) in [6.07, 6.45) is 6.04. The van der Waals surface area contributed by atoms with E-state index in [0.717, 1.165) is 19.6 Å². The first kappa shape index (κ1) is 8.52. The van der Waals surface area contributed by atoms with Crippen LogP contribution in [0.4, 0.5) is 0 Å². The molecule has 0 aromatic rings. The zero-order valence-corrected chi connectivity index (χ0v) is 7.84. The second-order valence-corrected chi connectivity index (χ2v) is 4.01. The van der Waals surface area contributed by atoms with Crippen molar-refractivity contribution in [2.45, 2.75) is 44.8 Å². The van der Waals surface area contributed by atoms with Gasteiger partial charge in [-0.2, -0.15) is 0 Å². The monoisotopic (exact) mass is 170 g/mol. The molecule has 0 amide bonds. The smallest absolute Gasteiger partial charge is 0.170 e. The zero-order chi connectivity index (χ0) is 8.44. The van der Waals surface area contributed by atoms with Crippen molar-refractivity contribution in [2.24, 2.45) is 5.92 Å². The van der Waals surface area contributed by atoms with E-state index in [1.54, 1.807) is 0 Å². The average Bonchev–Trinajstić information content (AvgIpc) is 2.12. The topological polar surface area (TPSA) is 18.5 Å². The van der Waals surface area contributed by atoms with Crippen LogP contribution in [0.25, 0.3) is 0 Å². The Morgan fingerprint density at radius 1 is 1.08 bits per heavy atom. The van der Waals surface area contributed by atoms with E-state index in [0.29, 0.717) is 5.92 Å². The van der Waals surface area contributed by atoms with Gasteiger partial charge in [0.05, 0.1) is 13.2 Å². The quantitative estimate of drug-likeness (QED) is 0.555. The van der Waals surface area contributed by atoms with E-state index in [1.807, 2.05) is 0 Å². The molecular weight excluding hydrogens is 152 g/mol. The first-order valence-electron chi connectivity index (χ1n) is 5.11. The fraction of sp³-hybridized carbons (Fsp3) is 1.00. The van der Waals surface area contributed by atoms with E-state index < -0.39 is 0 Å². The predicted molar refractivity (Wildman–Crippen MR) is 46.9 cm³/mol. The summed E-state index contributed by atoms with van der Waals surface area (Å²) in [5.41, 5.74) is 0. The van der Waals surface area contributed by atoms with Crippen LogP contribution in [0, 0.1) is 5.92 Å². The van der Waals surface area contributed by atoms with Gasteiger partial charge in [0.15, 0.2) is 5.79 Å². The fourth-order valence-corrected chi connectivity index (χ4v) is 2.29. The van der Waals surface area contributed by atoms with Crippen LogP contribution in [0.2, 0.25) is 0 Å². The highest BCUT2D eigenvalue weighted by Gasteiger charge is 2.41. The Bertz CT molecular complexity index is 142. The number of hydrogen-bond acceptors (Lipinski definition) is 2. The number of ether oxygens (including phenoxy) is 2. The van der Waals surface area contributed by atoms with Crippen molar-refractivity contribution in [2.75, 3.05) is 13.2 Å². The molecule has 0 bridgehead atoms. The molecule has 2 saturated heterocycles. The molecule has 0 saturated carbocycles. The normalized spacial score (nSPS) is 43.2. The van der Waals surface area contributed by atoms with Gasteiger partial charge >= 0.3 is 0 Å². The summed E-state index contributed by atoms with van der Waals surface area (Å²) in [5, 5.41) is 0. The fourth-order valence-electron chi connectivity index (χ4n) is 2.29. The summed E-state index contributed by atoms with van der Waals surface area (Å²) >= 11 is 0. The Morgan fingerprint density at radius 3 is 2.50 bits per heavy atom. The van der Waals surface area contributed by atoms with E-state index in [1.165, 1.54) is 25.7 Å². The Morgan fingerprint density at radius 2 is 1.83 bits per heavy atom. The Labute approximate surface area is 74.2 Å². The molecule has 0 radical (unpaired) electrons. The van der Waals surface area contributed by atoms with Gasteiger partial charge in [-0.1, -0.05) is 6.92 Å². The van der Waals surface area contributed by atoms with Gasteiger partial charge in [0.25, 0.3) is 0 Å². The average molecular weight is 170 g/mol. The second-order valence-electron chi connectivity index (χ2n) is 4.01. The van der Waals surface area contributed by atoms with Crippen molar-refractivity contribution in [1.82, 2.24) is 0 Å². The van der Waals surface area contributed by atoms with E-state index in [2.05, 4.69) is 6.92 Å². The third kappa shape index (κ3) is 1.38. The summed E-state index contributed by atoms with van der Waals surface area (Å²) in [5.74, 6) is 0.405. The van der Waals surface area contributed by atoms with Gasteiger partial charge in [0.1, 0.15) is 0 Å². The van der Waals surface area contributed by atoms with Gasteiger partial charge in [-0.15, -0.1) is 0 Å². The molecule has 2 fully saturated rings. The SMILES string of the molecule is CC1CCCOC12CCCCO2. The summed E-state index contributed by atoms with van der Waals surface area (Å²) < 4.78 is 11.6. The Balaban J connectivity index is 2.04. The van der Waals surface area contributed by atoms with Crippen LogP contribution in [-0.4, -0.2) is 19.0 Å². The minimum atomic E-state index is -0.184. The van der Waals surface area contributed by atoms with Gasteiger partial charge in [0, 0.05) is 12.3 Å². The lowest BCUT2D eigenvalue weighted by molar-refractivity contribution is -0.296. The van der Waals surface area contributed by atoms with Crippen LogP contribution < -0.4 is 0 Å². The molecule has 0 aliphatic carbocycles. The van der Waals surface area contributed by atoms with Crippen LogP contribution in [0.5, 0.6) is 0 Å². The lowest BCUT2D eigenvalue weighted by atomic mass is 9.87. The second kappa shape index (κ2) is 3.35. The van der Waals surface area contributed by atoms with Crippen LogP contribution in [0.3, 0.4) is 0 Å². The minimum Gasteiger partial charge on any atom is -0.350 e. The molecule has 2 aliphatic heterocycles. The molecule has 2 heteroatoms. The van der Waals surface area contributed by atoms with Crippen molar-refractivity contribution >= 4 is 0 Å². The van der Waals surface area contributed by atoms with E-state index in [-0.39, 0.29) is 5.79 Å². The van der Waals surface area contributed by atoms with Crippen LogP contribution in [-0.2, 0) is 9.47 Å². The predicted octanol–water partition coefficient (Wildman–Crippen LogP) is 2.33. The standard InChI is InChI=1S/C10H18O2/c1-9-5-4-8-12-10(9)6-2-3-7-11-10/h9H,2-8H2,1H3. The van der Waals surface area contributed by atoms with Gasteiger partial charge in [0.2, 0.25) is 0 Å². The third-order valence-electron chi connectivity index (χ3n) is 3.14. The van der Waals surface area contributed by atoms with Gasteiger partial charge in [-0.05, 0) is 25.7 Å². The molecule has 1 spiro atoms. The molecule has 70 valence electrons. The Hall–Kier alpha value is -0.0800. The largest absolute Gasteiger partial charge is 0.350 e. The highest BCUT2D eigenvalue weighted by molar-refractivity contribution is 4.82. The Kier molecular flexibility index (Phi) is 2.37. The highest BCUT2D eigenvalue weighted by atomic mass is 16.7. The third-order valence-corrected chi connectivity index (χ3v) is 3.14. The van der Waals surface area contributed by atoms with E-state index >= 15 is 0 Å². The van der Waals surface area contributed by atoms with Crippen molar-refractivity contribution < 1.29 is 9.47 Å². The zero-order valence-electron chi connectivity index (χ0n) is 7.84. The number of rotatable bonds is 0. The van der Waals surface area contributed by atoms with Gasteiger partial charge < -0.3 is 9.47 Å². The lowest BCUT2D eigenvalue weighted by Gasteiger charge is -2.44. The molecule has 2 heterocycles. The van der Waals surface area contributed by atoms with Gasteiger partial charge in [-0.3, -0.25) is 0 Å². The molecule has 12 heavy (non-hydrogen) atoms. The van der Waals surface area contributed by atoms with E-state index in [9.17, 15) is 0 Å². The first-order chi connectivity index (χ1) is 5.83. The summed E-state index contributed by atoms with van der Waals surface area (Å²) in [7, 11) is 0. The molecular formula is C10H18O2. The van der Waals surface area contributed by atoms with Crippen molar-refractivity contribution in [3.05, 3.63) is 0 Å². The summed E-state index contributed by atoms with van der Waals surface area (Å²) in [4.78, 5) is 0. The molecule has 2 rings (SSSR count). The molecule has 2 nitrogen and oxygen atoms in total. The summed E-state index contributed by atoms with van der Waals surface area (Å²) in [6, 6.07) is 0. The molecule has 0 aromatic carbocycles. The molecule has 0 aromatic heterocycles. The highest BCUT2D eigenvalue weighted by Crippen LogP contribution is 2.38. The molecule has 2 aliphatic rings. The van der Waals surface area contributed by atoms with Crippen molar-refractivity contribution in [1.29, 1.82) is 0 Å².